The van der Waals surface area contributed by atoms with Crippen LogP contribution in [0.1, 0.15) is 120 Å². The third kappa shape index (κ3) is 19.2. The van der Waals surface area contributed by atoms with Gasteiger partial charge in [0.25, 0.3) is 0 Å². The number of likely N-dealkylation sites (tertiary alicyclic amines) is 1. The molecule has 0 bridgehead atoms. The topological polar surface area (TPSA) is 85.3 Å². The molecule has 37 heavy (non-hydrogen) atoms. The number of hydroxylamine groups is 1. The first-order chi connectivity index (χ1) is 17.5. The molecule has 2 rings (SSSR count). The highest BCUT2D eigenvalue weighted by atomic mass is 16.6. The van der Waals surface area contributed by atoms with E-state index in [-0.39, 0.29) is 11.6 Å². The Kier molecular flexibility index (Phi) is 21.7. The standard InChI is InChI=1S/C20H37N3O2.C6H12O2.2C2H6/c1-3-9-18(21-25)16-22(2)19-10-14-23(15-11-19)17-20(24)12-7-5-4-6-8-13-20;1-5(7)8-6(2,3)4;2*1-2/h3,9,16,19,21,24-25H,4-8,10-15,17H2,1-2H3;1-4H3;2*1-2H3/b9-3+,18-16+;;;. The van der Waals surface area contributed by atoms with Gasteiger partial charge in [0.15, 0.2) is 0 Å². The average Bonchev–Trinajstić information content (AvgIpc) is 2.83. The number of β-amino-alcohol motifs (C(OH)–C–C–N with tert-alkyl or cyclic N) is 1. The van der Waals surface area contributed by atoms with Gasteiger partial charge in [0.1, 0.15) is 5.60 Å². The van der Waals surface area contributed by atoms with E-state index in [1.165, 1.54) is 39.0 Å². The molecule has 1 heterocycles. The van der Waals surface area contributed by atoms with Crippen molar-refractivity contribution >= 4 is 5.97 Å². The van der Waals surface area contributed by atoms with Gasteiger partial charge in [0.2, 0.25) is 0 Å². The first kappa shape index (κ1) is 37.6. The van der Waals surface area contributed by atoms with Gasteiger partial charge in [0.05, 0.1) is 11.3 Å². The summed E-state index contributed by atoms with van der Waals surface area (Å²) in [5.74, 6) is -0.225. The van der Waals surface area contributed by atoms with Crippen molar-refractivity contribution in [1.82, 2.24) is 15.3 Å². The van der Waals surface area contributed by atoms with Crippen molar-refractivity contribution in [3.05, 3.63) is 24.0 Å². The fourth-order valence-corrected chi connectivity index (χ4v) is 4.67. The smallest absolute Gasteiger partial charge is 0.303 e. The number of carbonyl (C=O) groups excluding carboxylic acids is 1. The van der Waals surface area contributed by atoms with Gasteiger partial charge in [-0.3, -0.25) is 15.5 Å². The van der Waals surface area contributed by atoms with Crippen LogP contribution in [0.5, 0.6) is 0 Å². The maximum atomic E-state index is 11.0. The van der Waals surface area contributed by atoms with Gasteiger partial charge in [-0.1, -0.05) is 65.9 Å². The Balaban J connectivity index is 0. The molecule has 0 unspecified atom stereocenters. The summed E-state index contributed by atoms with van der Waals surface area (Å²) in [6.07, 6.45) is 16.1. The quantitative estimate of drug-likeness (QED) is 0.202. The second-order valence-corrected chi connectivity index (χ2v) is 10.6. The van der Waals surface area contributed by atoms with Gasteiger partial charge >= 0.3 is 5.97 Å². The summed E-state index contributed by atoms with van der Waals surface area (Å²) in [7, 11) is 2.07. The Morgan fingerprint density at radius 2 is 1.54 bits per heavy atom. The average molecular weight is 528 g/mol. The molecule has 0 spiro atoms. The number of piperidine rings is 1. The van der Waals surface area contributed by atoms with E-state index in [9.17, 15) is 9.90 Å². The Morgan fingerprint density at radius 1 is 1.05 bits per heavy atom. The van der Waals surface area contributed by atoms with Gasteiger partial charge in [-0.2, -0.15) is 0 Å². The third-order valence-electron chi connectivity index (χ3n) is 6.20. The largest absolute Gasteiger partial charge is 0.460 e. The van der Waals surface area contributed by atoms with Crippen molar-refractivity contribution in [3.8, 4) is 0 Å². The molecule has 0 radical (unpaired) electrons. The number of nitrogens with zero attached hydrogens (tertiary/aromatic N) is 2. The Hall–Kier alpha value is -1.57. The van der Waals surface area contributed by atoms with Crippen LogP contribution in [0.15, 0.2) is 24.0 Å². The zero-order valence-corrected chi connectivity index (χ0v) is 25.9. The number of aliphatic hydroxyl groups is 1. The van der Waals surface area contributed by atoms with Crippen LogP contribution in [0.25, 0.3) is 0 Å². The molecule has 220 valence electrons. The molecule has 2 aliphatic rings. The van der Waals surface area contributed by atoms with E-state index in [1.807, 2.05) is 73.7 Å². The van der Waals surface area contributed by atoms with Gasteiger partial charge in [-0.25, -0.2) is 0 Å². The highest BCUT2D eigenvalue weighted by Crippen LogP contribution is 2.28. The fraction of sp³-hybridized carbons (Fsp3) is 0.833. The molecule has 0 aromatic rings. The van der Waals surface area contributed by atoms with E-state index in [0.29, 0.717) is 11.7 Å². The SMILES string of the molecule is C/C=C/C(=C\N(C)C1CCN(CC2(O)CCCCCCC2)CC1)NO.CC.CC.CC(=O)OC(C)(C)C. The van der Waals surface area contributed by atoms with Crippen molar-refractivity contribution in [2.24, 2.45) is 0 Å². The molecule has 1 saturated carbocycles. The molecular formula is C30H61N3O4. The predicted octanol–water partition coefficient (Wildman–Crippen LogP) is 6.65. The Morgan fingerprint density at radius 3 is 1.92 bits per heavy atom. The van der Waals surface area contributed by atoms with E-state index in [2.05, 4.69) is 22.3 Å². The van der Waals surface area contributed by atoms with Crippen molar-refractivity contribution < 1.29 is 19.8 Å². The van der Waals surface area contributed by atoms with E-state index in [4.69, 9.17) is 9.94 Å². The van der Waals surface area contributed by atoms with Gasteiger partial charge in [-0.15, -0.1) is 0 Å². The Bertz CT molecular complexity index is 613. The van der Waals surface area contributed by atoms with Crippen LogP contribution in [0.2, 0.25) is 0 Å². The van der Waals surface area contributed by atoms with Crippen molar-refractivity contribution in [3.63, 3.8) is 0 Å². The van der Waals surface area contributed by atoms with Gasteiger partial charge in [0, 0.05) is 45.8 Å². The molecule has 0 aromatic carbocycles. The van der Waals surface area contributed by atoms with Crippen LogP contribution in [-0.4, -0.2) is 70.0 Å². The highest BCUT2D eigenvalue weighted by Gasteiger charge is 2.31. The number of esters is 1. The maximum Gasteiger partial charge on any atom is 0.303 e. The summed E-state index contributed by atoms with van der Waals surface area (Å²) < 4.78 is 4.80. The zero-order chi connectivity index (χ0) is 28.9. The second kappa shape index (κ2) is 21.4. The monoisotopic (exact) mass is 527 g/mol. The maximum absolute atomic E-state index is 11.0. The molecule has 0 atom stereocenters. The fourth-order valence-electron chi connectivity index (χ4n) is 4.67. The number of rotatable bonds is 6. The van der Waals surface area contributed by atoms with Crippen LogP contribution in [0.4, 0.5) is 0 Å². The molecule has 2 fully saturated rings. The van der Waals surface area contributed by atoms with Crippen molar-refractivity contribution in [2.75, 3.05) is 26.7 Å². The van der Waals surface area contributed by atoms with E-state index >= 15 is 0 Å². The van der Waals surface area contributed by atoms with Crippen LogP contribution in [-0.2, 0) is 9.53 Å². The van der Waals surface area contributed by atoms with E-state index in [0.717, 1.165) is 45.3 Å². The lowest BCUT2D eigenvalue weighted by Crippen LogP contribution is -2.49. The van der Waals surface area contributed by atoms with E-state index in [1.54, 1.807) is 0 Å². The first-order valence-electron chi connectivity index (χ1n) is 14.6. The molecule has 0 amide bonds. The molecule has 1 aliphatic heterocycles. The van der Waals surface area contributed by atoms with Crippen LogP contribution in [0.3, 0.4) is 0 Å². The molecule has 1 aliphatic carbocycles. The summed E-state index contributed by atoms with van der Waals surface area (Å²) in [5.41, 5.74) is 2.15. The number of nitrogens with one attached hydrogen (secondary N) is 1. The van der Waals surface area contributed by atoms with Crippen LogP contribution >= 0.6 is 0 Å². The van der Waals surface area contributed by atoms with Gasteiger partial charge < -0.3 is 19.6 Å². The first-order valence-corrected chi connectivity index (χ1v) is 14.6. The third-order valence-corrected chi connectivity index (χ3v) is 6.20. The van der Waals surface area contributed by atoms with Crippen LogP contribution < -0.4 is 5.48 Å². The minimum atomic E-state index is -0.473. The summed E-state index contributed by atoms with van der Waals surface area (Å²) >= 11 is 0. The number of carbonyl (C=O) groups is 1. The van der Waals surface area contributed by atoms with Crippen molar-refractivity contribution in [1.29, 1.82) is 0 Å². The highest BCUT2D eigenvalue weighted by molar-refractivity contribution is 5.66. The molecule has 3 N–H and O–H groups in total. The number of hydrogen-bond donors (Lipinski definition) is 3. The lowest BCUT2D eigenvalue weighted by atomic mass is 9.86. The lowest BCUT2D eigenvalue weighted by molar-refractivity contribution is -0.151. The summed E-state index contributed by atoms with van der Waals surface area (Å²) in [6.45, 7) is 19.8. The number of allylic oxidation sites excluding steroid dienone is 2. The van der Waals surface area contributed by atoms with Crippen LogP contribution in [0, 0.1) is 0 Å². The Labute approximate surface area is 229 Å². The molecule has 0 aromatic heterocycles. The van der Waals surface area contributed by atoms with Gasteiger partial charge in [-0.05, 0) is 59.5 Å². The molecule has 1 saturated heterocycles. The predicted molar refractivity (Wildman–Crippen MR) is 157 cm³/mol. The molecule has 7 heteroatoms. The van der Waals surface area contributed by atoms with Crippen molar-refractivity contribution in [2.45, 2.75) is 137 Å². The summed E-state index contributed by atoms with van der Waals surface area (Å²) in [6, 6.07) is 0.483. The normalized spacial score (nSPS) is 19.0. The summed E-state index contributed by atoms with van der Waals surface area (Å²) in [5, 5.41) is 20.2. The minimum Gasteiger partial charge on any atom is -0.460 e. The number of ether oxygens (including phenoxy) is 1. The number of hydrogen-bond acceptors (Lipinski definition) is 7. The zero-order valence-electron chi connectivity index (χ0n) is 25.9. The van der Waals surface area contributed by atoms with E-state index < -0.39 is 5.60 Å². The molecule has 7 nitrogen and oxygen atoms in total. The molecular weight excluding hydrogens is 466 g/mol. The lowest BCUT2D eigenvalue weighted by Gasteiger charge is -2.41. The summed E-state index contributed by atoms with van der Waals surface area (Å²) in [4.78, 5) is 14.9. The second-order valence-electron chi connectivity index (χ2n) is 10.6. The minimum absolute atomic E-state index is 0.225.